The van der Waals surface area contributed by atoms with Crippen LogP contribution in [0.25, 0.3) is 0 Å². The number of rotatable bonds is 6. The minimum Gasteiger partial charge on any atom is -0.338 e. The second-order valence-electron chi connectivity index (χ2n) is 7.73. The zero-order valence-electron chi connectivity index (χ0n) is 17.7. The fraction of sp³-hybridized carbons (Fsp3) is 0.174. The Morgan fingerprint density at radius 2 is 1.32 bits per heavy atom. The highest BCUT2D eigenvalue weighted by Crippen LogP contribution is 2.40. The smallest absolute Gasteiger partial charge is 0.338 e. The quantitative estimate of drug-likeness (QED) is 0.353. The highest BCUT2D eigenvalue weighted by atomic mass is 32.1. The van der Waals surface area contributed by atoms with Crippen molar-refractivity contribution < 1.29 is 36.3 Å². The molecule has 1 heterocycles. The molecule has 3 aromatic rings. The number of hydrogen-bond donors (Lipinski definition) is 2. The van der Waals surface area contributed by atoms with Gasteiger partial charge < -0.3 is 10.6 Å². The van der Waals surface area contributed by atoms with Crippen LogP contribution < -0.4 is 10.6 Å². The van der Waals surface area contributed by atoms with Crippen LogP contribution in [0, 0.1) is 11.6 Å². The summed E-state index contributed by atoms with van der Waals surface area (Å²) in [6.45, 7) is 2.65. The SMILES string of the molecule is CC(C)(NC(=O)c1ccc(F)cc1)C(=O)Nc1cc(C(F)(F)F)c(C(=O)c2ccc(F)cc2)s1. The molecule has 0 aliphatic heterocycles. The molecule has 178 valence electrons. The summed E-state index contributed by atoms with van der Waals surface area (Å²) in [4.78, 5) is 37.0. The molecule has 3 rings (SSSR count). The van der Waals surface area contributed by atoms with E-state index in [9.17, 15) is 36.3 Å². The lowest BCUT2D eigenvalue weighted by Crippen LogP contribution is -2.52. The van der Waals surface area contributed by atoms with Crippen LogP contribution in [-0.4, -0.2) is 23.1 Å². The summed E-state index contributed by atoms with van der Waals surface area (Å²) in [5, 5.41) is 4.44. The number of ketones is 1. The largest absolute Gasteiger partial charge is 0.418 e. The lowest BCUT2D eigenvalue weighted by molar-refractivity contribution is -0.137. The van der Waals surface area contributed by atoms with Crippen LogP contribution in [0.2, 0.25) is 0 Å². The van der Waals surface area contributed by atoms with Crippen LogP contribution in [0.4, 0.5) is 27.0 Å². The van der Waals surface area contributed by atoms with E-state index in [2.05, 4.69) is 10.6 Å². The summed E-state index contributed by atoms with van der Waals surface area (Å²) in [7, 11) is 0. The first kappa shape index (κ1) is 25.0. The van der Waals surface area contributed by atoms with Gasteiger partial charge in [-0.15, -0.1) is 11.3 Å². The normalized spacial score (nSPS) is 11.7. The number of alkyl halides is 3. The van der Waals surface area contributed by atoms with Crippen LogP contribution in [0.15, 0.2) is 54.6 Å². The van der Waals surface area contributed by atoms with Gasteiger partial charge in [0.2, 0.25) is 11.7 Å². The van der Waals surface area contributed by atoms with Crippen molar-refractivity contribution in [3.05, 3.63) is 87.8 Å². The highest BCUT2D eigenvalue weighted by molar-refractivity contribution is 7.18. The van der Waals surface area contributed by atoms with E-state index in [0.717, 1.165) is 36.4 Å². The van der Waals surface area contributed by atoms with Crippen molar-refractivity contribution in [1.82, 2.24) is 5.32 Å². The maximum atomic E-state index is 13.6. The Morgan fingerprint density at radius 3 is 1.82 bits per heavy atom. The summed E-state index contributed by atoms with van der Waals surface area (Å²) in [6, 6.07) is 9.18. The average molecular weight is 496 g/mol. The Hall–Kier alpha value is -3.60. The van der Waals surface area contributed by atoms with Crippen molar-refractivity contribution >= 4 is 33.9 Å². The van der Waals surface area contributed by atoms with E-state index in [1.807, 2.05) is 0 Å². The van der Waals surface area contributed by atoms with Gasteiger partial charge in [0.05, 0.1) is 15.4 Å². The van der Waals surface area contributed by atoms with Gasteiger partial charge in [-0.2, -0.15) is 13.2 Å². The van der Waals surface area contributed by atoms with Gasteiger partial charge in [0.25, 0.3) is 5.91 Å². The van der Waals surface area contributed by atoms with Crippen LogP contribution in [0.1, 0.15) is 45.0 Å². The molecule has 0 aliphatic rings. The fourth-order valence-electron chi connectivity index (χ4n) is 2.85. The number of halogens is 5. The highest BCUT2D eigenvalue weighted by Gasteiger charge is 2.38. The molecule has 0 atom stereocenters. The average Bonchev–Trinajstić information content (AvgIpc) is 3.18. The first-order chi connectivity index (χ1) is 15.8. The molecule has 2 amide bonds. The Morgan fingerprint density at radius 1 is 0.824 bits per heavy atom. The third-order valence-corrected chi connectivity index (χ3v) is 5.74. The van der Waals surface area contributed by atoms with Crippen LogP contribution in [0.5, 0.6) is 0 Å². The van der Waals surface area contributed by atoms with Crippen molar-refractivity contribution in [3.63, 3.8) is 0 Å². The molecule has 0 spiro atoms. The second kappa shape index (κ2) is 9.34. The molecule has 0 radical (unpaired) electrons. The zero-order valence-corrected chi connectivity index (χ0v) is 18.5. The van der Waals surface area contributed by atoms with Gasteiger partial charge >= 0.3 is 6.18 Å². The molecule has 0 aliphatic carbocycles. The molecule has 2 N–H and O–H groups in total. The van der Waals surface area contributed by atoms with Crippen LogP contribution in [-0.2, 0) is 11.0 Å². The molecule has 0 fully saturated rings. The lowest BCUT2D eigenvalue weighted by atomic mass is 10.0. The van der Waals surface area contributed by atoms with Crippen LogP contribution in [0.3, 0.4) is 0 Å². The van der Waals surface area contributed by atoms with E-state index in [-0.39, 0.29) is 16.1 Å². The second-order valence-corrected chi connectivity index (χ2v) is 8.78. The fourth-order valence-corrected chi connectivity index (χ4v) is 3.88. The number of carbonyl (C=O) groups excluding carboxylic acids is 3. The first-order valence-electron chi connectivity index (χ1n) is 9.69. The number of benzene rings is 2. The lowest BCUT2D eigenvalue weighted by Gasteiger charge is -2.24. The Balaban J connectivity index is 1.83. The number of carbonyl (C=O) groups is 3. The minimum atomic E-state index is -4.89. The first-order valence-corrected chi connectivity index (χ1v) is 10.5. The van der Waals surface area contributed by atoms with Crippen molar-refractivity contribution in [3.8, 4) is 0 Å². The third-order valence-electron chi connectivity index (χ3n) is 4.69. The van der Waals surface area contributed by atoms with Gasteiger partial charge in [0, 0.05) is 11.1 Å². The number of hydrogen-bond acceptors (Lipinski definition) is 4. The predicted molar refractivity (Wildman–Crippen MR) is 116 cm³/mol. The summed E-state index contributed by atoms with van der Waals surface area (Å²) >= 11 is 0.405. The van der Waals surface area contributed by atoms with E-state index in [0.29, 0.717) is 17.4 Å². The Kier molecular flexibility index (Phi) is 6.87. The predicted octanol–water partition coefficient (Wildman–Crippen LogP) is 5.42. The minimum absolute atomic E-state index is 0.0740. The summed E-state index contributed by atoms with van der Waals surface area (Å²) in [6.07, 6.45) is -4.89. The Labute approximate surface area is 194 Å². The van der Waals surface area contributed by atoms with Gasteiger partial charge in [0.15, 0.2) is 0 Å². The molecule has 0 unspecified atom stereocenters. The van der Waals surface area contributed by atoms with Crippen molar-refractivity contribution in [2.45, 2.75) is 25.6 Å². The van der Waals surface area contributed by atoms with Gasteiger partial charge in [-0.3, -0.25) is 14.4 Å². The molecule has 5 nitrogen and oxygen atoms in total. The number of thiophene rings is 1. The van der Waals surface area contributed by atoms with E-state index in [1.165, 1.54) is 26.0 Å². The molecule has 0 bridgehead atoms. The molecular formula is C23H17F5N2O3S. The molecule has 34 heavy (non-hydrogen) atoms. The number of nitrogens with one attached hydrogen (secondary N) is 2. The van der Waals surface area contributed by atoms with Gasteiger partial charge in [-0.25, -0.2) is 8.78 Å². The van der Waals surface area contributed by atoms with Crippen molar-refractivity contribution in [2.24, 2.45) is 0 Å². The van der Waals surface area contributed by atoms with Crippen molar-refractivity contribution in [2.75, 3.05) is 5.32 Å². The Bertz CT molecular complexity index is 1230. The topological polar surface area (TPSA) is 75.3 Å². The number of amides is 2. The standard InChI is InChI=1S/C23H17F5N2O3S/c1-22(2,30-20(32)13-5-9-15(25)10-6-13)21(33)29-17-11-16(23(26,27)28)19(34-17)18(31)12-3-7-14(24)8-4-12/h3-11H,1-2H3,(H,29,33)(H,30,32). The molecular weight excluding hydrogens is 479 g/mol. The van der Waals surface area contributed by atoms with E-state index in [1.54, 1.807) is 0 Å². The maximum Gasteiger partial charge on any atom is 0.418 e. The summed E-state index contributed by atoms with van der Waals surface area (Å²) in [5.74, 6) is -3.75. The maximum absolute atomic E-state index is 13.6. The van der Waals surface area contributed by atoms with Gasteiger partial charge in [-0.05, 0) is 68.4 Å². The molecule has 1 aromatic heterocycles. The molecule has 0 saturated heterocycles. The van der Waals surface area contributed by atoms with Gasteiger partial charge in [-0.1, -0.05) is 0 Å². The van der Waals surface area contributed by atoms with E-state index < -0.39 is 51.4 Å². The summed E-state index contributed by atoms with van der Waals surface area (Å²) in [5.41, 5.74) is -2.91. The molecule has 0 saturated carbocycles. The van der Waals surface area contributed by atoms with Gasteiger partial charge in [0.1, 0.15) is 17.2 Å². The third kappa shape index (κ3) is 5.66. The van der Waals surface area contributed by atoms with E-state index >= 15 is 0 Å². The molecule has 11 heteroatoms. The van der Waals surface area contributed by atoms with E-state index in [4.69, 9.17) is 0 Å². The summed E-state index contributed by atoms with van der Waals surface area (Å²) < 4.78 is 66.8. The monoisotopic (exact) mass is 496 g/mol. The van der Waals surface area contributed by atoms with Crippen LogP contribution >= 0.6 is 11.3 Å². The van der Waals surface area contributed by atoms with Crippen molar-refractivity contribution in [1.29, 1.82) is 0 Å². The molecule has 2 aromatic carbocycles. The zero-order chi connectivity index (χ0) is 25.3. The number of anilines is 1.